The molecule has 1 aliphatic rings. The maximum Gasteiger partial charge on any atom is 0.573 e. The van der Waals surface area contributed by atoms with Gasteiger partial charge >= 0.3 is 12.3 Å². The number of aromatic nitrogens is 2. The van der Waals surface area contributed by atoms with E-state index in [9.17, 15) is 27.5 Å². The number of carbonyl (C=O) groups is 1. The Morgan fingerprint density at radius 3 is 2.82 bits per heavy atom. The van der Waals surface area contributed by atoms with Gasteiger partial charge in [0.1, 0.15) is 11.6 Å². The Bertz CT molecular complexity index is 1410. The third-order valence-electron chi connectivity index (χ3n) is 6.12. The molecule has 6 nitrogen and oxygen atoms in total. The number of nitrogens with zero attached hydrogens (tertiary/aromatic N) is 3. The first-order valence-electron chi connectivity index (χ1n) is 10.5. The highest BCUT2D eigenvalue weighted by Gasteiger charge is 2.33. The number of benzene rings is 2. The molecule has 1 unspecified atom stereocenters. The van der Waals surface area contributed by atoms with Gasteiger partial charge in [0.05, 0.1) is 16.6 Å². The minimum absolute atomic E-state index is 0.0114. The molecule has 34 heavy (non-hydrogen) atoms. The Labute approximate surface area is 195 Å². The second-order valence-corrected chi connectivity index (χ2v) is 9.25. The van der Waals surface area contributed by atoms with E-state index in [0.29, 0.717) is 41.4 Å². The molecule has 5 rings (SSSR count). The van der Waals surface area contributed by atoms with Crippen molar-refractivity contribution in [2.45, 2.75) is 38.2 Å². The summed E-state index contributed by atoms with van der Waals surface area (Å²) in [7, 11) is 1.91. The summed E-state index contributed by atoms with van der Waals surface area (Å²) in [5.74, 6) is -1.77. The van der Waals surface area contributed by atoms with Crippen molar-refractivity contribution < 1.29 is 32.2 Å². The van der Waals surface area contributed by atoms with Crippen molar-refractivity contribution in [3.63, 3.8) is 0 Å². The molecule has 1 atom stereocenters. The fourth-order valence-electron chi connectivity index (χ4n) is 4.61. The molecule has 0 spiro atoms. The quantitative estimate of drug-likeness (QED) is 0.379. The highest BCUT2D eigenvalue weighted by molar-refractivity contribution is 7.22. The Morgan fingerprint density at radius 1 is 1.29 bits per heavy atom. The number of likely N-dealkylation sites (N-methyl/N-ethyl adjacent to an activating group) is 1. The van der Waals surface area contributed by atoms with E-state index in [-0.39, 0.29) is 24.0 Å². The molecule has 1 aliphatic heterocycles. The number of anilines is 1. The minimum atomic E-state index is -4.84. The normalized spacial score (nSPS) is 16.1. The summed E-state index contributed by atoms with van der Waals surface area (Å²) in [6, 6.07) is 8.49. The van der Waals surface area contributed by atoms with Crippen LogP contribution in [-0.2, 0) is 24.2 Å². The van der Waals surface area contributed by atoms with E-state index in [4.69, 9.17) is 0 Å². The van der Waals surface area contributed by atoms with E-state index in [1.807, 2.05) is 16.5 Å². The number of hydrogen-bond acceptors (Lipinski definition) is 5. The predicted octanol–water partition coefficient (Wildman–Crippen LogP) is 5.37. The molecule has 0 radical (unpaired) electrons. The molecule has 0 bridgehead atoms. The van der Waals surface area contributed by atoms with Crippen LogP contribution in [0.5, 0.6) is 5.75 Å². The Balaban J connectivity index is 1.51. The number of ether oxygens (including phenoxy) is 1. The van der Waals surface area contributed by atoms with Crippen molar-refractivity contribution in [1.82, 2.24) is 9.55 Å². The number of hydrogen-bond donors (Lipinski definition) is 1. The number of fused-ring (bicyclic) bond motifs is 4. The van der Waals surface area contributed by atoms with Crippen LogP contribution in [0.1, 0.15) is 17.7 Å². The molecule has 2 aromatic heterocycles. The van der Waals surface area contributed by atoms with Crippen molar-refractivity contribution in [2.75, 3.05) is 11.9 Å². The average Bonchev–Trinajstić information content (AvgIpc) is 3.30. The van der Waals surface area contributed by atoms with Crippen LogP contribution in [0.25, 0.3) is 21.1 Å². The van der Waals surface area contributed by atoms with E-state index in [0.717, 1.165) is 15.5 Å². The Hall–Kier alpha value is -3.34. The lowest BCUT2D eigenvalue weighted by Crippen LogP contribution is -2.39. The second-order valence-electron chi connectivity index (χ2n) is 8.25. The molecule has 178 valence electrons. The largest absolute Gasteiger partial charge is 0.573 e. The van der Waals surface area contributed by atoms with Crippen LogP contribution in [0.2, 0.25) is 0 Å². The van der Waals surface area contributed by atoms with Gasteiger partial charge in [0.2, 0.25) is 0 Å². The van der Waals surface area contributed by atoms with Crippen LogP contribution < -0.4 is 9.64 Å². The van der Waals surface area contributed by atoms with Crippen molar-refractivity contribution in [1.29, 1.82) is 0 Å². The fraction of sp³-hybridized carbons (Fsp3) is 0.304. The molecule has 11 heteroatoms. The van der Waals surface area contributed by atoms with Gasteiger partial charge in [0, 0.05) is 36.2 Å². The number of carboxylic acid groups (broad SMARTS) is 1. The minimum Gasteiger partial charge on any atom is -0.481 e. The lowest BCUT2D eigenvalue weighted by atomic mass is 9.99. The van der Waals surface area contributed by atoms with Gasteiger partial charge in [-0.1, -0.05) is 11.3 Å². The van der Waals surface area contributed by atoms with Gasteiger partial charge in [0.25, 0.3) is 0 Å². The number of alkyl halides is 3. The van der Waals surface area contributed by atoms with E-state index < -0.39 is 12.3 Å². The molecule has 3 heterocycles. The summed E-state index contributed by atoms with van der Waals surface area (Å²) in [4.78, 5) is 18.1. The summed E-state index contributed by atoms with van der Waals surface area (Å²) >= 11 is 1.38. The van der Waals surface area contributed by atoms with E-state index in [2.05, 4.69) is 9.72 Å². The first-order chi connectivity index (χ1) is 16.1. The first kappa shape index (κ1) is 22.5. The van der Waals surface area contributed by atoms with Crippen molar-refractivity contribution in [2.24, 2.45) is 0 Å². The summed E-state index contributed by atoms with van der Waals surface area (Å²) in [6.07, 6.45) is -3.87. The van der Waals surface area contributed by atoms with Crippen molar-refractivity contribution in [3.8, 4) is 5.75 Å². The van der Waals surface area contributed by atoms with E-state index in [1.165, 1.54) is 41.7 Å². The third-order valence-corrected chi connectivity index (χ3v) is 7.22. The molecular weight excluding hydrogens is 474 g/mol. The molecule has 0 aliphatic carbocycles. The highest BCUT2D eigenvalue weighted by Crippen LogP contribution is 2.37. The van der Waals surface area contributed by atoms with Crippen LogP contribution in [-0.4, -0.2) is 40.1 Å². The van der Waals surface area contributed by atoms with Crippen LogP contribution in [0, 0.1) is 5.82 Å². The lowest BCUT2D eigenvalue weighted by molar-refractivity contribution is -0.274. The average molecular weight is 493 g/mol. The van der Waals surface area contributed by atoms with Gasteiger partial charge in [-0.2, -0.15) is 0 Å². The molecule has 0 amide bonds. The number of carboxylic acids is 1. The zero-order valence-electron chi connectivity index (χ0n) is 17.9. The number of halogens is 4. The van der Waals surface area contributed by atoms with Crippen LogP contribution >= 0.6 is 11.3 Å². The monoisotopic (exact) mass is 493 g/mol. The SMILES string of the molecule is CN(c1nc2ccc(F)cc2s1)C1CCc2c(CC(=O)O)c3cc(OC(F)(F)F)ccc3n2C1. The lowest BCUT2D eigenvalue weighted by Gasteiger charge is -2.33. The topological polar surface area (TPSA) is 67.6 Å². The van der Waals surface area contributed by atoms with Gasteiger partial charge in [-0.15, -0.1) is 13.2 Å². The van der Waals surface area contributed by atoms with Gasteiger partial charge in [-0.25, -0.2) is 9.37 Å². The molecule has 4 aromatic rings. The Morgan fingerprint density at radius 2 is 2.09 bits per heavy atom. The predicted molar refractivity (Wildman–Crippen MR) is 120 cm³/mol. The molecule has 0 saturated carbocycles. The summed E-state index contributed by atoms with van der Waals surface area (Å²) in [5.41, 5.74) is 2.67. The Kier molecular flexibility index (Phi) is 5.38. The maximum absolute atomic E-state index is 13.6. The van der Waals surface area contributed by atoms with Crippen LogP contribution in [0.3, 0.4) is 0 Å². The number of aliphatic carboxylic acids is 1. The van der Waals surface area contributed by atoms with Crippen LogP contribution in [0.15, 0.2) is 36.4 Å². The standard InChI is InChI=1S/C23H19F4N3O3S/c1-29(22-28-17-5-2-12(24)8-20(17)34-22)13-3-6-18-16(10-21(31)32)15-9-14(33-23(25,26)27)4-7-19(15)30(18)11-13/h2,4-5,7-9,13H,3,6,10-11H2,1H3,(H,31,32). The van der Waals surface area contributed by atoms with Gasteiger partial charge in [0.15, 0.2) is 5.13 Å². The highest BCUT2D eigenvalue weighted by atomic mass is 32.1. The van der Waals surface area contributed by atoms with E-state index in [1.54, 1.807) is 6.07 Å². The van der Waals surface area contributed by atoms with Gasteiger partial charge in [-0.05, 0) is 54.8 Å². The smallest absolute Gasteiger partial charge is 0.481 e. The van der Waals surface area contributed by atoms with E-state index >= 15 is 0 Å². The number of thiazole rings is 1. The third kappa shape index (κ3) is 4.15. The maximum atomic E-state index is 13.6. The zero-order valence-corrected chi connectivity index (χ0v) is 18.7. The van der Waals surface area contributed by atoms with Gasteiger partial charge < -0.3 is 19.3 Å². The summed E-state index contributed by atoms with van der Waals surface area (Å²) < 4.78 is 58.5. The zero-order chi connectivity index (χ0) is 24.2. The molecule has 0 fully saturated rings. The second kappa shape index (κ2) is 8.15. The molecular formula is C23H19F4N3O3S. The fourth-order valence-corrected chi connectivity index (χ4v) is 5.63. The molecule has 2 aromatic carbocycles. The summed E-state index contributed by atoms with van der Waals surface area (Å²) in [5, 5.41) is 10.6. The number of rotatable bonds is 5. The van der Waals surface area contributed by atoms with Crippen LogP contribution in [0.4, 0.5) is 22.7 Å². The molecule has 0 saturated heterocycles. The summed E-state index contributed by atoms with van der Waals surface area (Å²) in [6.45, 7) is 0.506. The molecule has 1 N–H and O–H groups in total. The van der Waals surface area contributed by atoms with Gasteiger partial charge in [-0.3, -0.25) is 4.79 Å². The van der Waals surface area contributed by atoms with Crippen molar-refractivity contribution >= 4 is 43.6 Å². The first-order valence-corrected chi connectivity index (χ1v) is 11.3. The van der Waals surface area contributed by atoms with Crippen molar-refractivity contribution in [3.05, 3.63) is 53.5 Å².